The van der Waals surface area contributed by atoms with Gasteiger partial charge in [-0.2, -0.15) is 0 Å². The van der Waals surface area contributed by atoms with Crippen molar-refractivity contribution in [2.75, 3.05) is 0 Å². The van der Waals surface area contributed by atoms with Gasteiger partial charge in [0.1, 0.15) is 12.4 Å². The van der Waals surface area contributed by atoms with Gasteiger partial charge >= 0.3 is 0 Å². The third-order valence-corrected chi connectivity index (χ3v) is 4.61. The Hall–Kier alpha value is -0.510. The fourth-order valence-electron chi connectivity index (χ4n) is 1.57. The molecule has 0 saturated heterocycles. The number of hydrogen-bond donors (Lipinski definition) is 0. The molecule has 0 atom stereocenters. The molecule has 17 heavy (non-hydrogen) atoms. The predicted molar refractivity (Wildman–Crippen MR) is 77.3 cm³/mol. The zero-order chi connectivity index (χ0) is 12.4. The summed E-state index contributed by atoms with van der Waals surface area (Å²) >= 11 is 11.2. The Morgan fingerprint density at radius 3 is 2.41 bits per heavy atom. The van der Waals surface area contributed by atoms with Crippen molar-refractivity contribution in [1.82, 2.24) is 0 Å². The quantitative estimate of drug-likeness (QED) is 0.735. The SMILES string of the molecule is Cc1cc(OCc2ccc(Br)s2)cc(C)c1Cl. The molecule has 1 aromatic heterocycles. The summed E-state index contributed by atoms with van der Waals surface area (Å²) in [5.41, 5.74) is 2.10. The van der Waals surface area contributed by atoms with Gasteiger partial charge in [-0.25, -0.2) is 0 Å². The third kappa shape index (κ3) is 3.24. The van der Waals surface area contributed by atoms with Crippen LogP contribution < -0.4 is 4.74 Å². The second kappa shape index (κ2) is 5.42. The van der Waals surface area contributed by atoms with Gasteiger partial charge in [-0.1, -0.05) is 11.6 Å². The monoisotopic (exact) mass is 330 g/mol. The molecule has 1 heterocycles. The van der Waals surface area contributed by atoms with Crippen molar-refractivity contribution in [1.29, 1.82) is 0 Å². The van der Waals surface area contributed by atoms with Crippen LogP contribution in [0.3, 0.4) is 0 Å². The van der Waals surface area contributed by atoms with E-state index in [9.17, 15) is 0 Å². The summed E-state index contributed by atoms with van der Waals surface area (Å²) in [6.45, 7) is 4.57. The first-order chi connectivity index (χ1) is 8.06. The van der Waals surface area contributed by atoms with E-state index < -0.39 is 0 Å². The Bertz CT molecular complexity index is 513. The van der Waals surface area contributed by atoms with Gasteiger partial charge in [-0.05, 0) is 65.2 Å². The number of aryl methyl sites for hydroxylation is 2. The number of rotatable bonds is 3. The fourth-order valence-corrected chi connectivity index (χ4v) is 3.08. The van der Waals surface area contributed by atoms with Crippen LogP contribution in [0.1, 0.15) is 16.0 Å². The minimum atomic E-state index is 0.594. The second-order valence-electron chi connectivity index (χ2n) is 3.87. The molecule has 0 aliphatic heterocycles. The molecule has 0 aliphatic rings. The Labute approximate surface area is 119 Å². The number of halogens is 2. The maximum atomic E-state index is 6.11. The smallest absolute Gasteiger partial charge is 0.122 e. The van der Waals surface area contributed by atoms with Crippen molar-refractivity contribution < 1.29 is 4.74 Å². The normalized spacial score (nSPS) is 10.6. The summed E-state index contributed by atoms with van der Waals surface area (Å²) in [6.07, 6.45) is 0. The Balaban J connectivity index is 2.09. The van der Waals surface area contributed by atoms with E-state index in [1.165, 1.54) is 4.88 Å². The van der Waals surface area contributed by atoms with Crippen LogP contribution in [0.4, 0.5) is 0 Å². The molecule has 0 spiro atoms. The van der Waals surface area contributed by atoms with Crippen molar-refractivity contribution in [3.8, 4) is 5.75 Å². The summed E-state index contributed by atoms with van der Waals surface area (Å²) in [5.74, 6) is 0.869. The predicted octanol–water partition coefficient (Wildman–Crippen LogP) is 5.36. The van der Waals surface area contributed by atoms with Gasteiger partial charge in [0.25, 0.3) is 0 Å². The van der Waals surface area contributed by atoms with Crippen LogP contribution in [0.2, 0.25) is 5.02 Å². The molecule has 1 nitrogen and oxygen atoms in total. The molecule has 2 rings (SSSR count). The van der Waals surface area contributed by atoms with Gasteiger partial charge < -0.3 is 4.74 Å². The maximum Gasteiger partial charge on any atom is 0.122 e. The minimum Gasteiger partial charge on any atom is -0.488 e. The minimum absolute atomic E-state index is 0.594. The van der Waals surface area contributed by atoms with E-state index in [1.807, 2.05) is 32.0 Å². The molecule has 0 bridgehead atoms. The standard InChI is InChI=1S/C13H12BrClOS/c1-8-5-10(6-9(2)13(8)15)16-7-11-3-4-12(14)17-11/h3-6H,7H2,1-2H3. The lowest BCUT2D eigenvalue weighted by molar-refractivity contribution is 0.309. The molecule has 0 amide bonds. The first-order valence-electron chi connectivity index (χ1n) is 5.20. The van der Waals surface area contributed by atoms with Crippen LogP contribution in [0.25, 0.3) is 0 Å². The van der Waals surface area contributed by atoms with Crippen LogP contribution in [0, 0.1) is 13.8 Å². The Kier molecular flexibility index (Phi) is 4.13. The summed E-state index contributed by atoms with van der Waals surface area (Å²) in [7, 11) is 0. The van der Waals surface area contributed by atoms with E-state index >= 15 is 0 Å². The highest BCUT2D eigenvalue weighted by molar-refractivity contribution is 9.11. The van der Waals surface area contributed by atoms with E-state index in [2.05, 4.69) is 22.0 Å². The van der Waals surface area contributed by atoms with Gasteiger partial charge in [-0.15, -0.1) is 11.3 Å². The average molecular weight is 332 g/mol. The van der Waals surface area contributed by atoms with Crippen LogP contribution in [0.15, 0.2) is 28.1 Å². The first-order valence-corrected chi connectivity index (χ1v) is 7.19. The highest BCUT2D eigenvalue weighted by atomic mass is 79.9. The topological polar surface area (TPSA) is 9.23 Å². The second-order valence-corrected chi connectivity index (χ2v) is 6.79. The van der Waals surface area contributed by atoms with Crippen molar-refractivity contribution in [3.05, 3.63) is 49.1 Å². The Morgan fingerprint density at radius 2 is 1.88 bits per heavy atom. The largest absolute Gasteiger partial charge is 0.488 e. The third-order valence-electron chi connectivity index (χ3n) is 2.42. The zero-order valence-electron chi connectivity index (χ0n) is 9.59. The van der Waals surface area contributed by atoms with E-state index in [4.69, 9.17) is 16.3 Å². The molecule has 0 N–H and O–H groups in total. The molecule has 0 saturated carbocycles. The molecular formula is C13H12BrClOS. The summed E-state index contributed by atoms with van der Waals surface area (Å²) in [4.78, 5) is 1.20. The van der Waals surface area contributed by atoms with E-state index in [1.54, 1.807) is 11.3 Å². The Morgan fingerprint density at radius 1 is 1.24 bits per heavy atom. The van der Waals surface area contributed by atoms with Gasteiger partial charge in [0, 0.05) is 9.90 Å². The van der Waals surface area contributed by atoms with E-state index in [0.29, 0.717) is 6.61 Å². The van der Waals surface area contributed by atoms with Gasteiger partial charge in [0.05, 0.1) is 3.79 Å². The molecule has 0 fully saturated rings. The highest BCUT2D eigenvalue weighted by Gasteiger charge is 2.04. The van der Waals surface area contributed by atoms with Crippen LogP contribution in [-0.4, -0.2) is 0 Å². The first kappa shape index (κ1) is 12.9. The molecular weight excluding hydrogens is 320 g/mol. The molecule has 4 heteroatoms. The molecule has 1 aromatic carbocycles. The van der Waals surface area contributed by atoms with Crippen LogP contribution >= 0.6 is 38.9 Å². The van der Waals surface area contributed by atoms with Crippen molar-refractivity contribution >= 4 is 38.9 Å². The number of thiophene rings is 1. The average Bonchev–Trinajstić information content (AvgIpc) is 2.69. The number of ether oxygens (including phenoxy) is 1. The van der Waals surface area contributed by atoms with Gasteiger partial charge in [0.15, 0.2) is 0 Å². The fraction of sp³-hybridized carbons (Fsp3) is 0.231. The van der Waals surface area contributed by atoms with Crippen LogP contribution in [-0.2, 0) is 6.61 Å². The van der Waals surface area contributed by atoms with Crippen molar-refractivity contribution in [3.63, 3.8) is 0 Å². The zero-order valence-corrected chi connectivity index (χ0v) is 12.7. The summed E-state index contributed by atoms with van der Waals surface area (Å²) in [5, 5.41) is 0.816. The van der Waals surface area contributed by atoms with E-state index in [0.717, 1.165) is 25.7 Å². The van der Waals surface area contributed by atoms with Crippen LogP contribution in [0.5, 0.6) is 5.75 Å². The van der Waals surface area contributed by atoms with Gasteiger partial charge in [0.2, 0.25) is 0 Å². The lowest BCUT2D eigenvalue weighted by Crippen LogP contribution is -1.94. The lowest BCUT2D eigenvalue weighted by atomic mass is 10.1. The molecule has 0 unspecified atom stereocenters. The molecule has 0 aliphatic carbocycles. The molecule has 0 radical (unpaired) electrons. The molecule has 90 valence electrons. The number of benzene rings is 1. The molecule has 2 aromatic rings. The maximum absolute atomic E-state index is 6.11. The number of hydrogen-bond acceptors (Lipinski definition) is 2. The van der Waals surface area contributed by atoms with Crippen molar-refractivity contribution in [2.24, 2.45) is 0 Å². The summed E-state index contributed by atoms with van der Waals surface area (Å²) < 4.78 is 6.88. The summed E-state index contributed by atoms with van der Waals surface area (Å²) in [6, 6.07) is 8.03. The highest BCUT2D eigenvalue weighted by Crippen LogP contribution is 2.27. The van der Waals surface area contributed by atoms with E-state index in [-0.39, 0.29) is 0 Å². The lowest BCUT2D eigenvalue weighted by Gasteiger charge is -2.09. The van der Waals surface area contributed by atoms with Crippen molar-refractivity contribution in [2.45, 2.75) is 20.5 Å². The van der Waals surface area contributed by atoms with Gasteiger partial charge in [-0.3, -0.25) is 0 Å².